The van der Waals surface area contributed by atoms with Crippen molar-refractivity contribution in [1.82, 2.24) is 4.31 Å². The van der Waals surface area contributed by atoms with E-state index in [-0.39, 0.29) is 23.9 Å². The molecule has 1 heterocycles. The molecule has 3 aromatic carbocycles. The molecule has 0 spiro atoms. The van der Waals surface area contributed by atoms with E-state index < -0.39 is 10.0 Å². The summed E-state index contributed by atoms with van der Waals surface area (Å²) in [4.78, 5) is 15.1. The van der Waals surface area contributed by atoms with Crippen molar-refractivity contribution in [2.45, 2.75) is 24.8 Å². The first-order valence-electron chi connectivity index (χ1n) is 10.0. The summed E-state index contributed by atoms with van der Waals surface area (Å²) in [6, 6.07) is 21.9. The SMILES string of the molecule is Cc1ccc(S(=O)(=O)N(CC(=O)N2CCc3cc(Br)ccc32)Cc2ccccc2)cc1. The van der Waals surface area contributed by atoms with Gasteiger partial charge in [-0.2, -0.15) is 4.31 Å². The Kier molecular flexibility index (Phi) is 6.27. The van der Waals surface area contributed by atoms with Gasteiger partial charge >= 0.3 is 0 Å². The Morgan fingerprint density at radius 2 is 1.74 bits per heavy atom. The molecular weight excluding hydrogens is 476 g/mol. The summed E-state index contributed by atoms with van der Waals surface area (Å²) in [5, 5.41) is 0. The van der Waals surface area contributed by atoms with Crippen molar-refractivity contribution in [3.63, 3.8) is 0 Å². The van der Waals surface area contributed by atoms with Gasteiger partial charge in [0.25, 0.3) is 0 Å². The van der Waals surface area contributed by atoms with E-state index in [4.69, 9.17) is 0 Å². The predicted octanol–water partition coefficient (Wildman–Crippen LogP) is 4.54. The normalized spacial score (nSPS) is 13.5. The van der Waals surface area contributed by atoms with Crippen LogP contribution < -0.4 is 4.90 Å². The number of nitrogens with zero attached hydrogens (tertiary/aromatic N) is 2. The highest BCUT2D eigenvalue weighted by molar-refractivity contribution is 9.10. The monoisotopic (exact) mass is 498 g/mol. The van der Waals surface area contributed by atoms with Gasteiger partial charge in [0, 0.05) is 23.2 Å². The van der Waals surface area contributed by atoms with Crippen LogP contribution in [0.25, 0.3) is 0 Å². The number of carbonyl (C=O) groups excluding carboxylic acids is 1. The molecule has 1 amide bonds. The molecule has 0 unspecified atom stereocenters. The third-order valence-corrected chi connectivity index (χ3v) is 7.71. The summed E-state index contributed by atoms with van der Waals surface area (Å²) in [5.41, 5.74) is 3.74. The number of hydrogen-bond acceptors (Lipinski definition) is 3. The van der Waals surface area contributed by atoms with Crippen molar-refractivity contribution in [2.24, 2.45) is 0 Å². The molecule has 7 heteroatoms. The highest BCUT2D eigenvalue weighted by Gasteiger charge is 2.31. The second-order valence-corrected chi connectivity index (χ2v) is 10.5. The van der Waals surface area contributed by atoms with Gasteiger partial charge in [-0.3, -0.25) is 4.79 Å². The summed E-state index contributed by atoms with van der Waals surface area (Å²) >= 11 is 3.47. The minimum atomic E-state index is -3.85. The molecule has 3 aromatic rings. The fraction of sp³-hybridized carbons (Fsp3) is 0.208. The van der Waals surface area contributed by atoms with Crippen LogP contribution in [0.1, 0.15) is 16.7 Å². The van der Waals surface area contributed by atoms with Gasteiger partial charge in [0.05, 0.1) is 11.4 Å². The maximum atomic E-state index is 13.4. The highest BCUT2D eigenvalue weighted by Crippen LogP contribution is 2.31. The second-order valence-electron chi connectivity index (χ2n) is 7.64. The van der Waals surface area contributed by atoms with Crippen molar-refractivity contribution < 1.29 is 13.2 Å². The van der Waals surface area contributed by atoms with Crippen LogP contribution in [-0.2, 0) is 27.8 Å². The second kappa shape index (κ2) is 8.94. The lowest BCUT2D eigenvalue weighted by Gasteiger charge is -2.25. The van der Waals surface area contributed by atoms with Gasteiger partial charge in [-0.1, -0.05) is 64.0 Å². The lowest BCUT2D eigenvalue weighted by Crippen LogP contribution is -2.42. The molecular formula is C24H23BrN2O3S. The fourth-order valence-electron chi connectivity index (χ4n) is 3.74. The first-order chi connectivity index (χ1) is 14.8. The summed E-state index contributed by atoms with van der Waals surface area (Å²) in [6.45, 7) is 2.36. The zero-order valence-corrected chi connectivity index (χ0v) is 19.6. The van der Waals surface area contributed by atoms with Crippen molar-refractivity contribution in [1.29, 1.82) is 0 Å². The van der Waals surface area contributed by atoms with E-state index in [1.165, 1.54) is 4.31 Å². The number of anilines is 1. The number of benzene rings is 3. The average Bonchev–Trinajstić information content (AvgIpc) is 3.17. The fourth-order valence-corrected chi connectivity index (χ4v) is 5.52. The Hall–Kier alpha value is -2.48. The zero-order chi connectivity index (χ0) is 22.0. The van der Waals surface area contributed by atoms with Gasteiger partial charge in [0.1, 0.15) is 0 Å². The number of amides is 1. The Balaban J connectivity index is 1.64. The number of halogens is 1. The summed E-state index contributed by atoms with van der Waals surface area (Å²) in [7, 11) is -3.85. The van der Waals surface area contributed by atoms with Gasteiger partial charge < -0.3 is 4.90 Å². The molecule has 1 aliphatic rings. The molecule has 0 aliphatic carbocycles. The number of sulfonamides is 1. The molecule has 0 N–H and O–H groups in total. The number of aryl methyl sites for hydroxylation is 1. The molecule has 0 radical (unpaired) electrons. The Morgan fingerprint density at radius 1 is 1.03 bits per heavy atom. The van der Waals surface area contributed by atoms with Crippen molar-refractivity contribution in [3.8, 4) is 0 Å². The van der Waals surface area contributed by atoms with Crippen LogP contribution in [0.4, 0.5) is 5.69 Å². The molecule has 1 aliphatic heterocycles. The quantitative estimate of drug-likeness (QED) is 0.501. The van der Waals surface area contributed by atoms with Crippen molar-refractivity contribution in [2.75, 3.05) is 18.0 Å². The van der Waals surface area contributed by atoms with Gasteiger partial charge in [0.15, 0.2) is 0 Å². The van der Waals surface area contributed by atoms with Gasteiger partial charge in [-0.25, -0.2) is 8.42 Å². The van der Waals surface area contributed by atoms with Gasteiger partial charge in [0.2, 0.25) is 15.9 Å². The van der Waals surface area contributed by atoms with Crippen LogP contribution >= 0.6 is 15.9 Å². The number of carbonyl (C=O) groups is 1. The lowest BCUT2D eigenvalue weighted by atomic mass is 10.2. The van der Waals surface area contributed by atoms with E-state index in [2.05, 4.69) is 15.9 Å². The van der Waals surface area contributed by atoms with Crippen molar-refractivity contribution >= 4 is 37.5 Å². The first kappa shape index (κ1) is 21.7. The van der Waals surface area contributed by atoms with Crippen LogP contribution in [0.5, 0.6) is 0 Å². The van der Waals surface area contributed by atoms with Crippen LogP contribution in [0, 0.1) is 6.92 Å². The maximum Gasteiger partial charge on any atom is 0.243 e. The van der Waals surface area contributed by atoms with Gasteiger partial charge in [-0.05, 0) is 54.8 Å². The van der Waals surface area contributed by atoms with Gasteiger partial charge in [-0.15, -0.1) is 0 Å². The zero-order valence-electron chi connectivity index (χ0n) is 17.2. The molecule has 160 valence electrons. The molecule has 0 aromatic heterocycles. The standard InChI is InChI=1S/C24H23BrN2O3S/c1-18-7-10-22(11-8-18)31(29,30)26(16-19-5-3-2-4-6-19)17-24(28)27-14-13-20-15-21(25)9-12-23(20)27/h2-12,15H,13-14,16-17H2,1H3. The third kappa shape index (κ3) is 4.74. The summed E-state index contributed by atoms with van der Waals surface area (Å²) < 4.78 is 29.1. The Labute approximate surface area is 191 Å². The highest BCUT2D eigenvalue weighted by atomic mass is 79.9. The minimum absolute atomic E-state index is 0.129. The molecule has 0 fully saturated rings. The van der Waals surface area contributed by atoms with E-state index >= 15 is 0 Å². The number of rotatable bonds is 6. The van der Waals surface area contributed by atoms with E-state index in [9.17, 15) is 13.2 Å². The van der Waals surface area contributed by atoms with Crippen LogP contribution in [0.2, 0.25) is 0 Å². The average molecular weight is 499 g/mol. The molecule has 0 atom stereocenters. The maximum absolute atomic E-state index is 13.4. The lowest BCUT2D eigenvalue weighted by molar-refractivity contribution is -0.118. The van der Waals surface area contributed by atoms with E-state index in [0.29, 0.717) is 6.54 Å². The van der Waals surface area contributed by atoms with E-state index in [1.807, 2.05) is 55.5 Å². The molecule has 0 saturated heterocycles. The topological polar surface area (TPSA) is 57.7 Å². The van der Waals surface area contributed by atoms with E-state index in [0.717, 1.165) is 33.3 Å². The number of hydrogen-bond donors (Lipinski definition) is 0. The summed E-state index contributed by atoms with van der Waals surface area (Å²) in [6.07, 6.45) is 0.754. The molecule has 4 rings (SSSR count). The smallest absolute Gasteiger partial charge is 0.243 e. The Morgan fingerprint density at radius 3 is 2.45 bits per heavy atom. The largest absolute Gasteiger partial charge is 0.311 e. The third-order valence-electron chi connectivity index (χ3n) is 5.41. The van der Waals surface area contributed by atoms with Crippen LogP contribution in [-0.4, -0.2) is 31.7 Å². The first-order valence-corrected chi connectivity index (χ1v) is 12.3. The molecule has 0 bridgehead atoms. The molecule has 5 nitrogen and oxygen atoms in total. The van der Waals surface area contributed by atoms with Crippen LogP contribution in [0.3, 0.4) is 0 Å². The number of fused-ring (bicyclic) bond motifs is 1. The Bertz CT molecular complexity index is 1200. The van der Waals surface area contributed by atoms with Crippen LogP contribution in [0.15, 0.2) is 82.2 Å². The predicted molar refractivity (Wildman–Crippen MR) is 125 cm³/mol. The summed E-state index contributed by atoms with van der Waals surface area (Å²) in [5.74, 6) is -0.229. The molecule has 31 heavy (non-hydrogen) atoms. The minimum Gasteiger partial charge on any atom is -0.311 e. The molecule has 0 saturated carbocycles. The van der Waals surface area contributed by atoms with Crippen molar-refractivity contribution in [3.05, 3.63) is 94.0 Å². The van der Waals surface area contributed by atoms with E-state index in [1.54, 1.807) is 29.2 Å².